The molecule has 1 fully saturated rings. The topological polar surface area (TPSA) is 126 Å². The lowest BCUT2D eigenvalue weighted by Crippen LogP contribution is -2.42. The molecule has 140 valence electrons. The van der Waals surface area contributed by atoms with Gasteiger partial charge in [0.05, 0.1) is 6.54 Å². The molecule has 1 aliphatic carbocycles. The molecule has 0 aliphatic heterocycles. The van der Waals surface area contributed by atoms with Gasteiger partial charge in [0.1, 0.15) is 22.8 Å². The summed E-state index contributed by atoms with van der Waals surface area (Å²) in [5, 5.41) is 11.4. The van der Waals surface area contributed by atoms with E-state index in [0.29, 0.717) is 5.92 Å². The number of carbonyl (C=O) groups excluding carboxylic acids is 1. The number of carboxylic acids is 1. The fourth-order valence-electron chi connectivity index (χ4n) is 2.93. The quantitative estimate of drug-likeness (QED) is 0.664. The van der Waals surface area contributed by atoms with E-state index in [2.05, 4.69) is 17.0 Å². The molecule has 8 nitrogen and oxygen atoms in total. The molecule has 1 aromatic heterocycles. The van der Waals surface area contributed by atoms with Gasteiger partial charge in [-0.1, -0.05) is 6.92 Å². The number of aryl methyl sites for hydroxylation is 1. The summed E-state index contributed by atoms with van der Waals surface area (Å²) < 4.78 is 32.0. The van der Waals surface area contributed by atoms with Gasteiger partial charge in [-0.05, 0) is 44.6 Å². The van der Waals surface area contributed by atoms with Crippen molar-refractivity contribution in [2.45, 2.75) is 52.1 Å². The Morgan fingerprint density at radius 3 is 2.48 bits per heavy atom. The molecule has 1 aromatic rings. The first-order valence-corrected chi connectivity index (χ1v) is 9.91. The zero-order valence-electron chi connectivity index (χ0n) is 14.4. The van der Waals surface area contributed by atoms with E-state index in [9.17, 15) is 18.0 Å². The number of nitrogens with one attached hydrogen (secondary N) is 2. The van der Waals surface area contributed by atoms with Crippen molar-refractivity contribution in [1.82, 2.24) is 10.0 Å². The minimum absolute atomic E-state index is 0.0186. The molecular formula is C16H24N2O6S. The summed E-state index contributed by atoms with van der Waals surface area (Å²) in [5.41, 5.74) is 0.0186. The number of aromatic carboxylic acids is 1. The number of furan rings is 1. The summed E-state index contributed by atoms with van der Waals surface area (Å²) in [7, 11) is -3.71. The Kier molecular flexibility index (Phi) is 6.23. The van der Waals surface area contributed by atoms with Crippen LogP contribution in [0.25, 0.3) is 0 Å². The minimum Gasteiger partial charge on any atom is -0.478 e. The number of hydrogen-bond acceptors (Lipinski definition) is 5. The molecule has 25 heavy (non-hydrogen) atoms. The van der Waals surface area contributed by atoms with Crippen molar-refractivity contribution in [3.05, 3.63) is 23.2 Å². The third kappa shape index (κ3) is 5.86. The molecule has 1 amide bonds. The van der Waals surface area contributed by atoms with E-state index >= 15 is 0 Å². The Bertz CT molecular complexity index is 732. The molecule has 0 radical (unpaired) electrons. The Balaban J connectivity index is 1.82. The Labute approximate surface area is 147 Å². The summed E-state index contributed by atoms with van der Waals surface area (Å²) in [4.78, 5) is 22.8. The highest BCUT2D eigenvalue weighted by molar-refractivity contribution is 7.90. The number of carboxylic acid groups (broad SMARTS) is 1. The summed E-state index contributed by atoms with van der Waals surface area (Å²) in [6.45, 7) is 3.59. The molecule has 1 aliphatic rings. The lowest BCUT2D eigenvalue weighted by molar-refractivity contribution is -0.118. The van der Waals surface area contributed by atoms with Gasteiger partial charge in [0.25, 0.3) is 0 Å². The van der Waals surface area contributed by atoms with E-state index in [0.717, 1.165) is 25.7 Å². The van der Waals surface area contributed by atoms with Crippen molar-refractivity contribution in [2.75, 3.05) is 5.75 Å². The second-order valence-electron chi connectivity index (χ2n) is 6.60. The highest BCUT2D eigenvalue weighted by atomic mass is 32.2. The van der Waals surface area contributed by atoms with Crippen LogP contribution < -0.4 is 10.0 Å². The molecule has 9 heteroatoms. The molecule has 3 N–H and O–H groups in total. The number of amides is 1. The largest absolute Gasteiger partial charge is 0.478 e. The van der Waals surface area contributed by atoms with E-state index in [1.165, 1.54) is 13.0 Å². The molecule has 0 saturated heterocycles. The van der Waals surface area contributed by atoms with E-state index in [1.807, 2.05) is 0 Å². The fourth-order valence-corrected chi connectivity index (χ4v) is 4.20. The lowest BCUT2D eigenvalue weighted by Gasteiger charge is -2.26. The first-order valence-electron chi connectivity index (χ1n) is 8.25. The third-order valence-corrected chi connectivity index (χ3v) is 5.68. The normalized spacial score (nSPS) is 21.0. The van der Waals surface area contributed by atoms with Crippen molar-refractivity contribution in [2.24, 2.45) is 5.92 Å². The second-order valence-corrected chi connectivity index (χ2v) is 8.35. The maximum atomic E-state index is 12.1. The number of hydrogen-bond donors (Lipinski definition) is 3. The van der Waals surface area contributed by atoms with Crippen LogP contribution in [0.1, 0.15) is 54.5 Å². The molecular weight excluding hydrogens is 348 g/mol. The van der Waals surface area contributed by atoms with Crippen LogP contribution in [0.15, 0.2) is 10.5 Å². The highest BCUT2D eigenvalue weighted by Crippen LogP contribution is 2.23. The number of carbonyl (C=O) groups is 2. The summed E-state index contributed by atoms with van der Waals surface area (Å²) >= 11 is 0. The van der Waals surface area contributed by atoms with Crippen molar-refractivity contribution in [3.63, 3.8) is 0 Å². The van der Waals surface area contributed by atoms with Gasteiger partial charge < -0.3 is 14.8 Å². The van der Waals surface area contributed by atoms with Crippen LogP contribution in [0.2, 0.25) is 0 Å². The van der Waals surface area contributed by atoms with Crippen LogP contribution in [0, 0.1) is 12.8 Å². The van der Waals surface area contributed by atoms with Crippen LogP contribution in [0.3, 0.4) is 0 Å². The predicted octanol–water partition coefficient (Wildman–Crippen LogP) is 1.40. The molecule has 0 bridgehead atoms. The number of rotatable bonds is 7. The highest BCUT2D eigenvalue weighted by Gasteiger charge is 2.25. The average Bonchev–Trinajstić information content (AvgIpc) is 2.88. The molecule has 0 aromatic carbocycles. The maximum Gasteiger partial charge on any atom is 0.339 e. The van der Waals surface area contributed by atoms with Gasteiger partial charge in [-0.3, -0.25) is 4.79 Å². The first kappa shape index (κ1) is 19.5. The first-order chi connectivity index (χ1) is 11.7. The van der Waals surface area contributed by atoms with Crippen molar-refractivity contribution >= 4 is 21.9 Å². The molecule has 0 unspecified atom stereocenters. The molecule has 2 rings (SSSR count). The standard InChI is InChI=1S/C16H24N2O6S/c1-10-3-5-12(6-4-10)18-25(22,23)9-15(19)17-8-13-7-14(16(20)21)11(2)24-13/h7,10,12,18H,3-6,8-9H2,1-2H3,(H,17,19)(H,20,21). The molecule has 0 atom stereocenters. The maximum absolute atomic E-state index is 12.1. The van der Waals surface area contributed by atoms with Crippen molar-refractivity contribution < 1.29 is 27.5 Å². The monoisotopic (exact) mass is 372 g/mol. The Morgan fingerprint density at radius 2 is 1.92 bits per heavy atom. The van der Waals surface area contributed by atoms with E-state index in [1.54, 1.807) is 0 Å². The zero-order valence-corrected chi connectivity index (χ0v) is 15.2. The van der Waals surface area contributed by atoms with Gasteiger partial charge in [-0.15, -0.1) is 0 Å². The van der Waals surface area contributed by atoms with Crippen molar-refractivity contribution in [3.8, 4) is 0 Å². The second kappa shape index (κ2) is 8.01. The average molecular weight is 372 g/mol. The van der Waals surface area contributed by atoms with Crippen LogP contribution in [0.4, 0.5) is 0 Å². The molecule has 1 heterocycles. The van der Waals surface area contributed by atoms with Crippen LogP contribution in [-0.2, 0) is 21.4 Å². The van der Waals surface area contributed by atoms with E-state index in [-0.39, 0.29) is 29.7 Å². The summed E-state index contributed by atoms with van der Waals surface area (Å²) in [6.07, 6.45) is 3.52. The van der Waals surface area contributed by atoms with Crippen LogP contribution in [-0.4, -0.2) is 37.2 Å². The van der Waals surface area contributed by atoms with Gasteiger partial charge in [0.2, 0.25) is 15.9 Å². The van der Waals surface area contributed by atoms with Crippen molar-refractivity contribution in [1.29, 1.82) is 0 Å². The fraction of sp³-hybridized carbons (Fsp3) is 0.625. The smallest absolute Gasteiger partial charge is 0.339 e. The van der Waals surface area contributed by atoms with Gasteiger partial charge in [-0.2, -0.15) is 0 Å². The Morgan fingerprint density at radius 1 is 1.28 bits per heavy atom. The van der Waals surface area contributed by atoms with Gasteiger partial charge in [0, 0.05) is 6.04 Å². The lowest BCUT2D eigenvalue weighted by atomic mass is 9.88. The summed E-state index contributed by atoms with van der Waals surface area (Å²) in [5.74, 6) is -1.34. The zero-order chi connectivity index (χ0) is 18.6. The van der Waals surface area contributed by atoms with Crippen LogP contribution in [0.5, 0.6) is 0 Å². The molecule has 1 saturated carbocycles. The van der Waals surface area contributed by atoms with Gasteiger partial charge >= 0.3 is 5.97 Å². The summed E-state index contributed by atoms with van der Waals surface area (Å²) in [6, 6.07) is 1.20. The SMILES string of the molecule is Cc1oc(CNC(=O)CS(=O)(=O)NC2CCC(C)CC2)cc1C(=O)O. The Hall–Kier alpha value is -1.87. The predicted molar refractivity (Wildman–Crippen MR) is 90.6 cm³/mol. The van der Waals surface area contributed by atoms with Gasteiger partial charge in [-0.25, -0.2) is 17.9 Å². The van der Waals surface area contributed by atoms with Crippen LogP contribution >= 0.6 is 0 Å². The number of sulfonamides is 1. The van der Waals surface area contributed by atoms with Gasteiger partial charge in [0.15, 0.2) is 0 Å². The molecule has 0 spiro atoms. The van der Waals surface area contributed by atoms with E-state index in [4.69, 9.17) is 9.52 Å². The third-order valence-electron chi connectivity index (χ3n) is 4.34. The van der Waals surface area contributed by atoms with E-state index < -0.39 is 27.7 Å². The minimum atomic E-state index is -3.71.